The number of hydrogen-bond donors (Lipinski definition) is 0. The molecule has 2 aliphatic carbocycles. The summed E-state index contributed by atoms with van der Waals surface area (Å²) in [6, 6.07) is 0. The van der Waals surface area contributed by atoms with Crippen LogP contribution in [0.3, 0.4) is 0 Å². The van der Waals surface area contributed by atoms with Crippen LogP contribution in [-0.2, 0) is 33.2 Å². The summed E-state index contributed by atoms with van der Waals surface area (Å²) in [6.45, 7) is 0.399. The number of rotatable bonds is 3. The number of methoxy groups -OCH3 is 1. The predicted octanol–water partition coefficient (Wildman–Crippen LogP) is 1.99. The van der Waals surface area contributed by atoms with Crippen molar-refractivity contribution in [2.45, 2.75) is 106 Å². The van der Waals surface area contributed by atoms with Crippen LogP contribution in [-0.4, -0.2) is 72.9 Å². The van der Waals surface area contributed by atoms with Crippen molar-refractivity contribution >= 4 is 12.2 Å². The lowest BCUT2D eigenvalue weighted by atomic mass is 9.94. The molecular weight excluding hydrogens is 394 g/mol. The van der Waals surface area contributed by atoms with E-state index in [0.717, 1.165) is 64.0 Å². The van der Waals surface area contributed by atoms with Crippen LogP contribution in [0.1, 0.15) is 64.2 Å². The lowest BCUT2D eigenvalue weighted by molar-refractivity contribution is -0.562. The molecule has 0 aromatic heterocycles. The van der Waals surface area contributed by atoms with Gasteiger partial charge in [-0.15, -0.1) is 0 Å². The van der Waals surface area contributed by atoms with E-state index in [-0.39, 0.29) is 6.10 Å². The highest BCUT2D eigenvalue weighted by molar-refractivity contribution is 6.20. The molecular formula is C21H31NO8. The van der Waals surface area contributed by atoms with Gasteiger partial charge in [0.25, 0.3) is 12.4 Å². The van der Waals surface area contributed by atoms with Gasteiger partial charge in [0.2, 0.25) is 0 Å². The van der Waals surface area contributed by atoms with Gasteiger partial charge in [-0.2, -0.15) is 4.74 Å². The molecule has 0 aromatic rings. The molecule has 5 fully saturated rings. The smallest absolute Gasteiger partial charge is 0.396 e. The fourth-order valence-electron chi connectivity index (χ4n) is 5.60. The Labute approximate surface area is 176 Å². The molecule has 168 valence electrons. The van der Waals surface area contributed by atoms with Crippen LogP contribution in [0.2, 0.25) is 0 Å². The van der Waals surface area contributed by atoms with Gasteiger partial charge in [0.1, 0.15) is 18.3 Å². The van der Waals surface area contributed by atoms with Crippen LogP contribution in [0.25, 0.3) is 0 Å². The van der Waals surface area contributed by atoms with E-state index in [1.807, 2.05) is 0 Å². The molecule has 30 heavy (non-hydrogen) atoms. The summed E-state index contributed by atoms with van der Waals surface area (Å²) in [5, 5.41) is 12.7. The number of fused-ring (bicyclic) bond motifs is 1. The van der Waals surface area contributed by atoms with Gasteiger partial charge >= 0.3 is 5.97 Å². The Morgan fingerprint density at radius 2 is 1.57 bits per heavy atom. The zero-order valence-electron chi connectivity index (χ0n) is 17.5. The molecule has 3 saturated heterocycles. The van der Waals surface area contributed by atoms with Gasteiger partial charge in [-0.1, -0.05) is 12.8 Å². The van der Waals surface area contributed by atoms with Crippen LogP contribution < -0.4 is 0 Å². The normalized spacial score (nSPS) is 40.0. The zero-order chi connectivity index (χ0) is 20.8. The van der Waals surface area contributed by atoms with E-state index in [2.05, 4.69) is 4.74 Å². The number of esters is 1. The van der Waals surface area contributed by atoms with E-state index in [0.29, 0.717) is 11.3 Å². The third-order valence-corrected chi connectivity index (χ3v) is 7.09. The van der Waals surface area contributed by atoms with Crippen molar-refractivity contribution < 1.29 is 38.0 Å². The number of hydrogen-bond acceptors (Lipinski definition) is 8. The van der Waals surface area contributed by atoms with Crippen molar-refractivity contribution in [3.63, 3.8) is 0 Å². The average molecular weight is 425 g/mol. The summed E-state index contributed by atoms with van der Waals surface area (Å²) < 4.78 is 36.4. The number of nitrogens with zero attached hydrogens (tertiary/aromatic N) is 1. The SMILES string of the molecule is COC(=O)/C=[N+](\[O-])[C@@H]1O[C@H]([C@@H]2COC3(CCCCC3)O2)[C@@H]2OC3(CCCCC3)O[C@@H]21. The molecule has 5 atom stereocenters. The Kier molecular flexibility index (Phi) is 5.51. The van der Waals surface area contributed by atoms with Gasteiger partial charge in [-0.3, -0.25) is 0 Å². The maximum absolute atomic E-state index is 12.7. The third-order valence-electron chi connectivity index (χ3n) is 7.09. The second-order valence-corrected chi connectivity index (χ2v) is 9.08. The molecule has 3 heterocycles. The Morgan fingerprint density at radius 3 is 2.23 bits per heavy atom. The van der Waals surface area contributed by atoms with Crippen LogP contribution >= 0.6 is 0 Å². The molecule has 5 aliphatic rings. The molecule has 0 bridgehead atoms. The van der Waals surface area contributed by atoms with E-state index >= 15 is 0 Å². The van der Waals surface area contributed by atoms with Crippen molar-refractivity contribution in [3.05, 3.63) is 5.21 Å². The second-order valence-electron chi connectivity index (χ2n) is 9.08. The fourth-order valence-corrected chi connectivity index (χ4v) is 5.60. The van der Waals surface area contributed by atoms with Crippen molar-refractivity contribution in [2.24, 2.45) is 0 Å². The molecule has 0 unspecified atom stereocenters. The summed E-state index contributed by atoms with van der Waals surface area (Å²) >= 11 is 0. The van der Waals surface area contributed by atoms with Gasteiger partial charge in [0.15, 0.2) is 17.7 Å². The molecule has 0 aromatic carbocycles. The van der Waals surface area contributed by atoms with E-state index < -0.39 is 42.1 Å². The van der Waals surface area contributed by atoms with Crippen LogP contribution in [0.15, 0.2) is 0 Å². The van der Waals surface area contributed by atoms with E-state index in [9.17, 15) is 10.0 Å². The minimum Gasteiger partial charge on any atom is -0.622 e. The summed E-state index contributed by atoms with van der Waals surface area (Å²) in [5.74, 6) is -1.96. The molecule has 0 amide bonds. The number of ether oxygens (including phenoxy) is 6. The predicted molar refractivity (Wildman–Crippen MR) is 103 cm³/mol. The summed E-state index contributed by atoms with van der Waals surface area (Å²) in [4.78, 5) is 11.6. The first-order valence-corrected chi connectivity index (χ1v) is 11.2. The van der Waals surface area contributed by atoms with Crippen LogP contribution in [0.5, 0.6) is 0 Å². The van der Waals surface area contributed by atoms with Gasteiger partial charge in [-0.05, 0) is 25.7 Å². The highest BCUT2D eigenvalue weighted by atomic mass is 16.8. The molecule has 3 aliphatic heterocycles. The first kappa shape index (κ1) is 20.6. The maximum Gasteiger partial charge on any atom is 0.396 e. The largest absolute Gasteiger partial charge is 0.622 e. The Morgan fingerprint density at radius 1 is 0.933 bits per heavy atom. The average Bonchev–Trinajstić information content (AvgIpc) is 3.41. The van der Waals surface area contributed by atoms with Gasteiger partial charge in [-0.25, -0.2) is 4.79 Å². The molecule has 2 saturated carbocycles. The second kappa shape index (κ2) is 8.02. The van der Waals surface area contributed by atoms with E-state index in [1.54, 1.807) is 0 Å². The van der Waals surface area contributed by atoms with Crippen LogP contribution in [0.4, 0.5) is 0 Å². The lowest BCUT2D eigenvalue weighted by Gasteiger charge is -2.35. The minimum absolute atomic E-state index is 0.338. The fraction of sp³-hybridized carbons (Fsp3) is 0.905. The Hall–Kier alpha value is -1.26. The highest BCUT2D eigenvalue weighted by Crippen LogP contribution is 2.48. The number of hydroxylamine groups is 1. The van der Waals surface area contributed by atoms with Crippen molar-refractivity contribution in [2.75, 3.05) is 13.7 Å². The first-order chi connectivity index (χ1) is 14.5. The summed E-state index contributed by atoms with van der Waals surface area (Å²) in [7, 11) is 1.23. The van der Waals surface area contributed by atoms with E-state index in [1.165, 1.54) is 13.5 Å². The number of carbonyl (C=O) groups excluding carboxylic acids is 1. The minimum atomic E-state index is -0.994. The molecule has 0 radical (unpaired) electrons. The monoisotopic (exact) mass is 425 g/mol. The molecule has 5 rings (SSSR count). The topological polar surface area (TPSA) is 98.5 Å². The number of carbonyl (C=O) groups is 1. The Bertz CT molecular complexity index is 684. The van der Waals surface area contributed by atoms with Gasteiger partial charge in [0.05, 0.1) is 13.7 Å². The highest BCUT2D eigenvalue weighted by Gasteiger charge is 2.64. The standard InChI is InChI=1S/C21H31NO8/c1-25-15(23)12-22(24)19-18-17(29-21(30-18)10-6-3-7-11-21)16(27-19)14-13-26-20(28-14)8-4-2-5-9-20/h12,14,16-19H,2-11,13H2,1H3/b22-12-/t14-,16+,17-,18-,19+/m0/s1. The molecule has 9 nitrogen and oxygen atoms in total. The Balaban J connectivity index is 1.37. The van der Waals surface area contributed by atoms with Crippen molar-refractivity contribution in [3.8, 4) is 0 Å². The van der Waals surface area contributed by atoms with Crippen molar-refractivity contribution in [1.82, 2.24) is 0 Å². The third kappa shape index (κ3) is 3.64. The molecule has 2 spiro atoms. The molecule has 9 heteroatoms. The van der Waals surface area contributed by atoms with Crippen LogP contribution in [0, 0.1) is 5.21 Å². The quantitative estimate of drug-likeness (QED) is 0.223. The maximum atomic E-state index is 12.7. The van der Waals surface area contributed by atoms with Crippen molar-refractivity contribution in [1.29, 1.82) is 0 Å². The first-order valence-electron chi connectivity index (χ1n) is 11.2. The lowest BCUT2D eigenvalue weighted by Crippen LogP contribution is -2.43. The van der Waals surface area contributed by atoms with Gasteiger partial charge in [0, 0.05) is 25.7 Å². The summed E-state index contributed by atoms with van der Waals surface area (Å²) in [6.07, 6.45) is 7.89. The summed E-state index contributed by atoms with van der Waals surface area (Å²) in [5.41, 5.74) is 0. The zero-order valence-corrected chi connectivity index (χ0v) is 17.5. The van der Waals surface area contributed by atoms with E-state index in [4.69, 9.17) is 23.7 Å². The molecule has 0 N–H and O–H groups in total. The van der Waals surface area contributed by atoms with Gasteiger partial charge < -0.3 is 33.6 Å².